The van der Waals surface area contributed by atoms with Gasteiger partial charge in [0.15, 0.2) is 0 Å². The molecule has 0 saturated heterocycles. The molecule has 0 saturated carbocycles. The van der Waals surface area contributed by atoms with Gasteiger partial charge in [0.25, 0.3) is 0 Å². The zero-order valence-corrected chi connectivity index (χ0v) is 13.5. The second kappa shape index (κ2) is 8.95. The molecule has 0 spiro atoms. The minimum atomic E-state index is 0.288. The molecule has 4 heteroatoms. The van der Waals surface area contributed by atoms with Crippen molar-refractivity contribution >= 4 is 0 Å². The molecule has 114 valence electrons. The van der Waals surface area contributed by atoms with Gasteiger partial charge in [-0.1, -0.05) is 18.2 Å². The van der Waals surface area contributed by atoms with Crippen LogP contribution >= 0.6 is 0 Å². The minimum Gasteiger partial charge on any atom is -0.496 e. The van der Waals surface area contributed by atoms with Crippen LogP contribution in [0.25, 0.3) is 0 Å². The van der Waals surface area contributed by atoms with Crippen molar-refractivity contribution in [1.82, 2.24) is 15.1 Å². The summed E-state index contributed by atoms with van der Waals surface area (Å²) < 4.78 is 5.46. The number of likely N-dealkylation sites (N-methyl/N-ethyl adjacent to an activating group) is 2. The topological polar surface area (TPSA) is 27.7 Å². The lowest BCUT2D eigenvalue weighted by molar-refractivity contribution is 0.272. The predicted octanol–water partition coefficient (Wildman–Crippen LogP) is 1.84. The Morgan fingerprint density at radius 2 is 1.85 bits per heavy atom. The molecule has 1 aromatic rings. The molecule has 0 aromatic heterocycles. The molecule has 1 aromatic carbocycles. The molecule has 4 nitrogen and oxygen atoms in total. The molecular weight excluding hydrogens is 250 g/mol. The summed E-state index contributed by atoms with van der Waals surface area (Å²) in [7, 11) is 10.1. The first-order valence-electron chi connectivity index (χ1n) is 7.22. The number of rotatable bonds is 9. The van der Waals surface area contributed by atoms with Crippen molar-refractivity contribution in [1.29, 1.82) is 0 Å². The maximum absolute atomic E-state index is 5.46. The Labute approximate surface area is 123 Å². The van der Waals surface area contributed by atoms with E-state index in [1.54, 1.807) is 7.11 Å². The van der Waals surface area contributed by atoms with Crippen LogP contribution in [0.1, 0.15) is 18.0 Å². The SMILES string of the molecule is CNC(CN(C)CCCN(C)C)c1ccccc1OC. The van der Waals surface area contributed by atoms with Gasteiger partial charge in [-0.15, -0.1) is 0 Å². The molecule has 1 unspecified atom stereocenters. The van der Waals surface area contributed by atoms with E-state index in [-0.39, 0.29) is 6.04 Å². The summed E-state index contributed by atoms with van der Waals surface area (Å²) in [5.74, 6) is 0.952. The summed E-state index contributed by atoms with van der Waals surface area (Å²) in [4.78, 5) is 4.60. The number of hydrogen-bond donors (Lipinski definition) is 1. The van der Waals surface area contributed by atoms with Crippen LogP contribution < -0.4 is 10.1 Å². The maximum atomic E-state index is 5.46. The van der Waals surface area contributed by atoms with Crippen molar-refractivity contribution in [2.45, 2.75) is 12.5 Å². The number of nitrogens with one attached hydrogen (secondary N) is 1. The van der Waals surface area contributed by atoms with Crippen LogP contribution in [-0.4, -0.2) is 64.7 Å². The third-order valence-corrected chi connectivity index (χ3v) is 3.50. The Kier molecular flexibility index (Phi) is 7.59. The van der Waals surface area contributed by atoms with Gasteiger partial charge in [-0.05, 0) is 53.8 Å². The van der Waals surface area contributed by atoms with Crippen molar-refractivity contribution in [3.05, 3.63) is 29.8 Å². The van der Waals surface area contributed by atoms with Crippen LogP contribution in [0.5, 0.6) is 5.75 Å². The van der Waals surface area contributed by atoms with Crippen LogP contribution in [0, 0.1) is 0 Å². The maximum Gasteiger partial charge on any atom is 0.123 e. The lowest BCUT2D eigenvalue weighted by Gasteiger charge is -2.25. The van der Waals surface area contributed by atoms with Crippen LogP contribution in [0.15, 0.2) is 24.3 Å². The molecule has 0 radical (unpaired) electrons. The van der Waals surface area contributed by atoms with Gasteiger partial charge in [0.2, 0.25) is 0 Å². The van der Waals surface area contributed by atoms with Crippen LogP contribution in [0.2, 0.25) is 0 Å². The van der Waals surface area contributed by atoms with Gasteiger partial charge in [-0.25, -0.2) is 0 Å². The summed E-state index contributed by atoms with van der Waals surface area (Å²) in [5, 5.41) is 3.39. The normalized spacial score (nSPS) is 12.9. The van der Waals surface area contributed by atoms with E-state index < -0.39 is 0 Å². The second-order valence-corrected chi connectivity index (χ2v) is 5.50. The van der Waals surface area contributed by atoms with Gasteiger partial charge in [0.1, 0.15) is 5.75 Å². The average molecular weight is 279 g/mol. The molecule has 1 atom stereocenters. The molecule has 0 aliphatic carbocycles. The Morgan fingerprint density at radius 1 is 1.15 bits per heavy atom. The Hall–Kier alpha value is -1.10. The van der Waals surface area contributed by atoms with Crippen molar-refractivity contribution in [3.8, 4) is 5.75 Å². The smallest absolute Gasteiger partial charge is 0.123 e. The zero-order chi connectivity index (χ0) is 15.0. The zero-order valence-electron chi connectivity index (χ0n) is 13.5. The second-order valence-electron chi connectivity index (χ2n) is 5.50. The minimum absolute atomic E-state index is 0.288. The van der Waals surface area contributed by atoms with Crippen molar-refractivity contribution < 1.29 is 4.74 Å². The van der Waals surface area contributed by atoms with E-state index in [0.29, 0.717) is 0 Å². The van der Waals surface area contributed by atoms with E-state index in [9.17, 15) is 0 Å². The largest absolute Gasteiger partial charge is 0.496 e. The Morgan fingerprint density at radius 3 is 2.45 bits per heavy atom. The average Bonchev–Trinajstić information content (AvgIpc) is 2.44. The first-order chi connectivity index (χ1) is 9.58. The summed E-state index contributed by atoms with van der Waals surface area (Å²) in [6.45, 7) is 3.21. The van der Waals surface area contributed by atoms with Crippen LogP contribution in [0.4, 0.5) is 0 Å². The van der Waals surface area contributed by atoms with Gasteiger partial charge in [0, 0.05) is 18.2 Å². The molecule has 0 heterocycles. The van der Waals surface area contributed by atoms with Gasteiger partial charge >= 0.3 is 0 Å². The van der Waals surface area contributed by atoms with E-state index in [4.69, 9.17) is 4.74 Å². The van der Waals surface area contributed by atoms with Crippen molar-refractivity contribution in [2.75, 3.05) is 54.9 Å². The van der Waals surface area contributed by atoms with E-state index in [1.807, 2.05) is 19.2 Å². The molecule has 0 aliphatic rings. The number of ether oxygens (including phenoxy) is 1. The molecule has 0 aliphatic heterocycles. The number of methoxy groups -OCH3 is 1. The lowest BCUT2D eigenvalue weighted by Crippen LogP contribution is -2.33. The fraction of sp³-hybridized carbons (Fsp3) is 0.625. The number of para-hydroxylation sites is 1. The van der Waals surface area contributed by atoms with E-state index >= 15 is 0 Å². The Bertz CT molecular complexity index is 382. The van der Waals surface area contributed by atoms with Gasteiger partial charge in [-0.3, -0.25) is 0 Å². The van der Waals surface area contributed by atoms with Gasteiger partial charge in [0.05, 0.1) is 7.11 Å². The fourth-order valence-corrected chi connectivity index (χ4v) is 2.36. The highest BCUT2D eigenvalue weighted by Gasteiger charge is 2.15. The Balaban J connectivity index is 2.58. The third kappa shape index (κ3) is 5.49. The summed E-state index contributed by atoms with van der Waals surface area (Å²) in [5.41, 5.74) is 1.22. The molecule has 1 N–H and O–H groups in total. The quantitative estimate of drug-likeness (QED) is 0.746. The highest BCUT2D eigenvalue weighted by molar-refractivity contribution is 5.36. The number of benzene rings is 1. The molecule has 0 bridgehead atoms. The first kappa shape index (κ1) is 17.0. The standard InChI is InChI=1S/C16H29N3O/c1-17-15(13-19(4)12-8-11-18(2)3)14-9-6-7-10-16(14)20-5/h6-7,9-10,15,17H,8,11-13H2,1-5H3. The van der Waals surface area contributed by atoms with Crippen molar-refractivity contribution in [2.24, 2.45) is 0 Å². The summed E-state index contributed by atoms with van der Waals surface area (Å²) in [6.07, 6.45) is 1.19. The summed E-state index contributed by atoms with van der Waals surface area (Å²) >= 11 is 0. The van der Waals surface area contributed by atoms with Crippen LogP contribution in [0.3, 0.4) is 0 Å². The molecule has 0 fully saturated rings. The van der Waals surface area contributed by atoms with Gasteiger partial charge < -0.3 is 19.9 Å². The van der Waals surface area contributed by atoms with Gasteiger partial charge in [-0.2, -0.15) is 0 Å². The number of hydrogen-bond acceptors (Lipinski definition) is 4. The number of nitrogens with zero attached hydrogens (tertiary/aromatic N) is 2. The highest BCUT2D eigenvalue weighted by Crippen LogP contribution is 2.24. The molecule has 0 amide bonds. The lowest BCUT2D eigenvalue weighted by atomic mass is 10.1. The van der Waals surface area contributed by atoms with Crippen LogP contribution in [-0.2, 0) is 0 Å². The first-order valence-corrected chi connectivity index (χ1v) is 7.22. The predicted molar refractivity (Wildman–Crippen MR) is 85.5 cm³/mol. The fourth-order valence-electron chi connectivity index (χ4n) is 2.36. The monoisotopic (exact) mass is 279 g/mol. The summed E-state index contributed by atoms with van der Waals surface area (Å²) in [6, 6.07) is 8.51. The molecule has 20 heavy (non-hydrogen) atoms. The van der Waals surface area contributed by atoms with E-state index in [1.165, 1.54) is 12.0 Å². The molecule has 1 rings (SSSR count). The van der Waals surface area contributed by atoms with Crippen molar-refractivity contribution in [3.63, 3.8) is 0 Å². The third-order valence-electron chi connectivity index (χ3n) is 3.50. The highest BCUT2D eigenvalue weighted by atomic mass is 16.5. The molecular formula is C16H29N3O. The van der Waals surface area contributed by atoms with E-state index in [2.05, 4.69) is 48.4 Å². The van der Waals surface area contributed by atoms with E-state index in [0.717, 1.165) is 25.4 Å².